The van der Waals surface area contributed by atoms with Crippen LogP contribution in [0.1, 0.15) is 43.7 Å². The molecule has 0 aliphatic carbocycles. The summed E-state index contributed by atoms with van der Waals surface area (Å²) in [6, 6.07) is 17.0. The topological polar surface area (TPSA) is 110 Å². The molecule has 0 bridgehead atoms. The van der Waals surface area contributed by atoms with E-state index in [4.69, 9.17) is 10.5 Å². The van der Waals surface area contributed by atoms with Crippen molar-refractivity contribution in [1.29, 1.82) is 0 Å². The molecule has 0 spiro atoms. The summed E-state index contributed by atoms with van der Waals surface area (Å²) in [6.45, 7) is 4.85. The molecule has 0 saturated carbocycles. The Morgan fingerprint density at radius 1 is 1.06 bits per heavy atom. The summed E-state index contributed by atoms with van der Waals surface area (Å²) in [5, 5.41) is 0. The SMILES string of the molecule is CCCCn1c(N)c(N(Cc2ccccc2)C(=O)CCCOc2ccccc2C)c(=O)[nH]c1=O. The van der Waals surface area contributed by atoms with Gasteiger partial charge >= 0.3 is 5.69 Å². The van der Waals surface area contributed by atoms with Gasteiger partial charge < -0.3 is 15.4 Å². The predicted molar refractivity (Wildman–Crippen MR) is 134 cm³/mol. The van der Waals surface area contributed by atoms with Crippen molar-refractivity contribution in [3.05, 3.63) is 86.6 Å². The maximum atomic E-state index is 13.3. The molecule has 3 rings (SSSR count). The largest absolute Gasteiger partial charge is 0.493 e. The first-order chi connectivity index (χ1) is 16.4. The highest BCUT2D eigenvalue weighted by Crippen LogP contribution is 2.22. The second kappa shape index (κ2) is 11.9. The molecule has 0 aliphatic rings. The minimum Gasteiger partial charge on any atom is -0.493 e. The third kappa shape index (κ3) is 6.15. The molecule has 0 radical (unpaired) electrons. The number of rotatable bonds is 11. The van der Waals surface area contributed by atoms with Crippen molar-refractivity contribution in [3.8, 4) is 5.75 Å². The van der Waals surface area contributed by atoms with Gasteiger partial charge in [0.05, 0.1) is 13.2 Å². The quantitative estimate of drug-likeness (QED) is 0.421. The van der Waals surface area contributed by atoms with Crippen LogP contribution in [-0.2, 0) is 17.9 Å². The number of nitrogens with one attached hydrogen (secondary N) is 1. The lowest BCUT2D eigenvalue weighted by atomic mass is 10.2. The number of unbranched alkanes of at least 4 members (excludes halogenated alkanes) is 1. The predicted octanol–water partition coefficient (Wildman–Crippen LogP) is 3.62. The number of nitrogens with two attached hydrogens (primary N) is 1. The fourth-order valence-corrected chi connectivity index (χ4v) is 3.69. The highest BCUT2D eigenvalue weighted by molar-refractivity contribution is 5.95. The van der Waals surface area contributed by atoms with Crippen molar-refractivity contribution in [2.24, 2.45) is 0 Å². The summed E-state index contributed by atoms with van der Waals surface area (Å²) in [7, 11) is 0. The van der Waals surface area contributed by atoms with Gasteiger partial charge in [-0.1, -0.05) is 61.9 Å². The normalized spacial score (nSPS) is 10.8. The Labute approximate surface area is 199 Å². The Bertz CT molecular complexity index is 1220. The summed E-state index contributed by atoms with van der Waals surface area (Å²) in [5.41, 5.74) is 6.92. The van der Waals surface area contributed by atoms with Gasteiger partial charge in [-0.05, 0) is 37.0 Å². The number of aromatic nitrogens is 2. The number of carbonyl (C=O) groups is 1. The minimum atomic E-state index is -0.671. The summed E-state index contributed by atoms with van der Waals surface area (Å²) in [5.74, 6) is 0.512. The third-order valence-electron chi connectivity index (χ3n) is 5.59. The van der Waals surface area contributed by atoms with Crippen molar-refractivity contribution in [2.45, 2.75) is 52.6 Å². The summed E-state index contributed by atoms with van der Waals surface area (Å²) in [6.07, 6.45) is 2.20. The van der Waals surface area contributed by atoms with E-state index in [9.17, 15) is 14.4 Å². The van der Waals surface area contributed by atoms with Gasteiger partial charge in [-0.25, -0.2) is 4.79 Å². The molecule has 180 valence electrons. The van der Waals surface area contributed by atoms with E-state index < -0.39 is 11.2 Å². The van der Waals surface area contributed by atoms with Gasteiger partial charge in [0.15, 0.2) is 5.69 Å². The number of H-pyrrole nitrogens is 1. The number of aryl methyl sites for hydroxylation is 1. The van der Waals surface area contributed by atoms with Crippen LogP contribution >= 0.6 is 0 Å². The molecule has 8 heteroatoms. The van der Waals surface area contributed by atoms with Crippen molar-refractivity contribution in [2.75, 3.05) is 17.2 Å². The fraction of sp³-hybridized carbons (Fsp3) is 0.346. The molecule has 2 aromatic carbocycles. The first-order valence-electron chi connectivity index (χ1n) is 11.6. The minimum absolute atomic E-state index is 0.00245. The Morgan fingerprint density at radius 2 is 1.76 bits per heavy atom. The van der Waals surface area contributed by atoms with Crippen LogP contribution in [0.5, 0.6) is 5.75 Å². The zero-order chi connectivity index (χ0) is 24.5. The zero-order valence-electron chi connectivity index (χ0n) is 19.8. The number of ether oxygens (including phenoxy) is 1. The summed E-state index contributed by atoms with van der Waals surface area (Å²) >= 11 is 0. The number of nitrogens with zero attached hydrogens (tertiary/aromatic N) is 2. The van der Waals surface area contributed by atoms with Crippen molar-refractivity contribution < 1.29 is 9.53 Å². The number of nitrogen functional groups attached to an aromatic ring is 1. The number of carbonyl (C=O) groups excluding carboxylic acids is 1. The van der Waals surface area contributed by atoms with Gasteiger partial charge in [0.2, 0.25) is 5.91 Å². The van der Waals surface area contributed by atoms with Gasteiger partial charge in [0.1, 0.15) is 11.6 Å². The smallest absolute Gasteiger partial charge is 0.330 e. The van der Waals surface area contributed by atoms with E-state index >= 15 is 0 Å². The molecule has 0 aliphatic heterocycles. The van der Waals surface area contributed by atoms with Gasteiger partial charge in [0.25, 0.3) is 5.56 Å². The number of amides is 1. The lowest BCUT2D eigenvalue weighted by Gasteiger charge is -2.25. The fourth-order valence-electron chi connectivity index (χ4n) is 3.69. The van der Waals surface area contributed by atoms with E-state index in [2.05, 4.69) is 4.98 Å². The van der Waals surface area contributed by atoms with E-state index in [1.54, 1.807) is 0 Å². The number of anilines is 2. The first-order valence-corrected chi connectivity index (χ1v) is 11.6. The average Bonchev–Trinajstić information content (AvgIpc) is 2.82. The molecule has 3 aromatic rings. The molecular formula is C26H32N4O4. The molecule has 0 atom stereocenters. The molecule has 0 saturated heterocycles. The maximum Gasteiger partial charge on any atom is 0.330 e. The third-order valence-corrected chi connectivity index (χ3v) is 5.59. The second-order valence-electron chi connectivity index (χ2n) is 8.18. The van der Waals surface area contributed by atoms with Gasteiger partial charge in [-0.15, -0.1) is 0 Å². The number of aromatic amines is 1. The molecular weight excluding hydrogens is 432 g/mol. The Morgan fingerprint density at radius 3 is 2.47 bits per heavy atom. The molecule has 0 unspecified atom stereocenters. The molecule has 0 fully saturated rings. The number of benzene rings is 2. The van der Waals surface area contributed by atoms with Crippen molar-refractivity contribution in [3.63, 3.8) is 0 Å². The van der Waals surface area contributed by atoms with Crippen LogP contribution in [-0.4, -0.2) is 22.1 Å². The zero-order valence-corrected chi connectivity index (χ0v) is 19.8. The van der Waals surface area contributed by atoms with E-state index in [1.165, 1.54) is 9.47 Å². The molecule has 1 amide bonds. The Kier molecular flexibility index (Phi) is 8.67. The van der Waals surface area contributed by atoms with Crippen molar-refractivity contribution >= 4 is 17.4 Å². The van der Waals surface area contributed by atoms with Gasteiger partial charge in [0, 0.05) is 13.0 Å². The molecule has 1 aromatic heterocycles. The first kappa shape index (κ1) is 24.8. The van der Waals surface area contributed by atoms with Crippen LogP contribution in [0.25, 0.3) is 0 Å². The lowest BCUT2D eigenvalue weighted by Crippen LogP contribution is -2.41. The Hall–Kier alpha value is -3.81. The number of hydrogen-bond donors (Lipinski definition) is 2. The van der Waals surface area contributed by atoms with Crippen LogP contribution in [0.4, 0.5) is 11.5 Å². The Balaban J connectivity index is 1.84. The average molecular weight is 465 g/mol. The van der Waals surface area contributed by atoms with Crippen molar-refractivity contribution in [1.82, 2.24) is 9.55 Å². The molecule has 3 N–H and O–H groups in total. The number of hydrogen-bond acceptors (Lipinski definition) is 5. The van der Waals surface area contributed by atoms with E-state index in [-0.39, 0.29) is 30.4 Å². The lowest BCUT2D eigenvalue weighted by molar-refractivity contribution is -0.119. The highest BCUT2D eigenvalue weighted by atomic mass is 16.5. The summed E-state index contributed by atoms with van der Waals surface area (Å²) in [4.78, 5) is 42.2. The van der Waals surface area contributed by atoms with Crippen LogP contribution < -0.4 is 26.6 Å². The van der Waals surface area contributed by atoms with Gasteiger partial charge in [-0.3, -0.25) is 19.1 Å². The molecule has 34 heavy (non-hydrogen) atoms. The number of para-hydroxylation sites is 1. The van der Waals surface area contributed by atoms with E-state index in [1.807, 2.05) is 68.4 Å². The van der Waals surface area contributed by atoms with Crippen LogP contribution in [0.15, 0.2) is 64.2 Å². The highest BCUT2D eigenvalue weighted by Gasteiger charge is 2.24. The van der Waals surface area contributed by atoms with E-state index in [0.29, 0.717) is 19.6 Å². The monoisotopic (exact) mass is 464 g/mol. The van der Waals surface area contributed by atoms with Crippen LogP contribution in [0, 0.1) is 6.92 Å². The van der Waals surface area contributed by atoms with Crippen LogP contribution in [0.3, 0.4) is 0 Å². The van der Waals surface area contributed by atoms with E-state index in [0.717, 1.165) is 29.7 Å². The molecule has 8 nitrogen and oxygen atoms in total. The standard InChI is InChI=1S/C26H32N4O4/c1-3-4-16-29-24(27)23(25(32)28-26(29)33)30(18-20-12-6-5-7-13-20)22(31)15-10-17-34-21-14-9-8-11-19(21)2/h5-9,11-14H,3-4,10,15-18,27H2,1-2H3,(H,28,32,33). The van der Waals surface area contributed by atoms with Gasteiger partial charge in [-0.2, -0.15) is 0 Å². The molecule has 1 heterocycles. The summed E-state index contributed by atoms with van der Waals surface area (Å²) < 4.78 is 7.13. The van der Waals surface area contributed by atoms with Crippen LogP contribution in [0.2, 0.25) is 0 Å². The maximum absolute atomic E-state index is 13.3. The second-order valence-corrected chi connectivity index (χ2v) is 8.18.